The average Bonchev–Trinajstić information content (AvgIpc) is 3.16. The summed E-state index contributed by atoms with van der Waals surface area (Å²) in [4.78, 5) is 25.2. The Morgan fingerprint density at radius 3 is 2.58 bits per heavy atom. The number of anilines is 1. The third-order valence-electron chi connectivity index (χ3n) is 5.42. The Kier molecular flexibility index (Phi) is 4.43. The van der Waals surface area contributed by atoms with Crippen LogP contribution in [0.5, 0.6) is 5.75 Å². The van der Waals surface area contributed by atoms with Crippen molar-refractivity contribution < 1.29 is 13.9 Å². The summed E-state index contributed by atoms with van der Waals surface area (Å²) in [6.07, 6.45) is 1.23. The van der Waals surface area contributed by atoms with E-state index in [-0.39, 0.29) is 11.3 Å². The summed E-state index contributed by atoms with van der Waals surface area (Å²) in [5.74, 6) is 0.229. The minimum Gasteiger partial charge on any atom is -0.495 e. The highest BCUT2D eigenvalue weighted by atomic mass is 16.5. The molecule has 154 valence electrons. The number of para-hydroxylation sites is 2. The van der Waals surface area contributed by atoms with E-state index in [0.29, 0.717) is 27.9 Å². The molecule has 5 aromatic rings. The average molecular weight is 413 g/mol. The number of rotatable bonds is 4. The van der Waals surface area contributed by atoms with Crippen molar-refractivity contribution >= 4 is 44.4 Å². The molecule has 7 nitrogen and oxygen atoms in total. The molecule has 7 heteroatoms. The molecule has 0 fully saturated rings. The van der Waals surface area contributed by atoms with Crippen LogP contribution in [0.3, 0.4) is 0 Å². The predicted octanol–water partition coefficient (Wildman–Crippen LogP) is 4.50. The van der Waals surface area contributed by atoms with Crippen molar-refractivity contribution in [2.24, 2.45) is 0 Å². The number of carbonyl (C=O) groups is 1. The summed E-state index contributed by atoms with van der Waals surface area (Å²) in [6, 6.07) is 17.8. The zero-order valence-electron chi connectivity index (χ0n) is 17.0. The van der Waals surface area contributed by atoms with Crippen LogP contribution in [0.2, 0.25) is 0 Å². The van der Waals surface area contributed by atoms with Crippen LogP contribution >= 0.6 is 0 Å². The number of amides is 1. The van der Waals surface area contributed by atoms with E-state index in [9.17, 15) is 9.59 Å². The molecule has 0 aliphatic rings. The number of fused-ring (bicyclic) bond motifs is 4. The first-order valence-electron chi connectivity index (χ1n) is 9.83. The van der Waals surface area contributed by atoms with Gasteiger partial charge < -0.3 is 14.5 Å². The van der Waals surface area contributed by atoms with Gasteiger partial charge in [0.15, 0.2) is 0 Å². The van der Waals surface area contributed by atoms with Crippen LogP contribution in [-0.4, -0.2) is 22.8 Å². The molecule has 0 spiro atoms. The third kappa shape index (κ3) is 3.11. The fourth-order valence-electron chi connectivity index (χ4n) is 3.80. The second kappa shape index (κ2) is 7.28. The van der Waals surface area contributed by atoms with Crippen molar-refractivity contribution in [3.63, 3.8) is 0 Å². The van der Waals surface area contributed by atoms with Gasteiger partial charge in [0, 0.05) is 22.2 Å². The van der Waals surface area contributed by atoms with Crippen LogP contribution in [0.1, 0.15) is 13.0 Å². The molecular formula is C24H19N3O4. The normalized spacial score (nSPS) is 12.3. The highest BCUT2D eigenvalue weighted by Gasteiger charge is 2.20. The van der Waals surface area contributed by atoms with Crippen LogP contribution < -0.4 is 15.5 Å². The lowest BCUT2D eigenvalue weighted by molar-refractivity contribution is -0.119. The van der Waals surface area contributed by atoms with Crippen LogP contribution in [0.25, 0.3) is 32.8 Å². The Morgan fingerprint density at radius 2 is 1.77 bits per heavy atom. The highest BCUT2D eigenvalue weighted by Crippen LogP contribution is 2.36. The Labute approximate surface area is 176 Å². The lowest BCUT2D eigenvalue weighted by Crippen LogP contribution is -2.27. The molecule has 1 N–H and O–H groups in total. The van der Waals surface area contributed by atoms with Crippen molar-refractivity contribution in [3.8, 4) is 5.75 Å². The van der Waals surface area contributed by atoms with Gasteiger partial charge in [0.05, 0.1) is 24.5 Å². The first kappa shape index (κ1) is 18.9. The first-order chi connectivity index (χ1) is 15.1. The van der Waals surface area contributed by atoms with Crippen molar-refractivity contribution in [2.75, 3.05) is 12.4 Å². The van der Waals surface area contributed by atoms with Gasteiger partial charge in [0.25, 0.3) is 0 Å². The fourth-order valence-corrected chi connectivity index (χ4v) is 3.80. The Morgan fingerprint density at radius 1 is 1.03 bits per heavy atom. The van der Waals surface area contributed by atoms with E-state index in [4.69, 9.17) is 9.15 Å². The van der Waals surface area contributed by atoms with Crippen LogP contribution in [0, 0.1) is 0 Å². The first-order valence-corrected chi connectivity index (χ1v) is 9.83. The summed E-state index contributed by atoms with van der Waals surface area (Å²) >= 11 is 0. The number of furan rings is 1. The second-order valence-corrected chi connectivity index (χ2v) is 7.28. The monoisotopic (exact) mass is 413 g/mol. The number of aromatic nitrogens is 2. The van der Waals surface area contributed by atoms with Crippen LogP contribution in [0.15, 0.2) is 76.1 Å². The predicted molar refractivity (Wildman–Crippen MR) is 120 cm³/mol. The van der Waals surface area contributed by atoms with Gasteiger partial charge in [-0.2, -0.15) is 5.10 Å². The van der Waals surface area contributed by atoms with E-state index in [1.807, 2.05) is 36.4 Å². The van der Waals surface area contributed by atoms with Gasteiger partial charge >= 0.3 is 0 Å². The number of nitrogens with one attached hydrogen (secondary N) is 1. The van der Waals surface area contributed by atoms with E-state index in [2.05, 4.69) is 10.4 Å². The molecule has 0 aliphatic heterocycles. The van der Waals surface area contributed by atoms with Crippen molar-refractivity contribution in [2.45, 2.75) is 13.0 Å². The molecule has 0 aliphatic carbocycles. The van der Waals surface area contributed by atoms with Gasteiger partial charge in [-0.1, -0.05) is 30.3 Å². The minimum absolute atomic E-state index is 0.184. The molecule has 1 amide bonds. The zero-order chi connectivity index (χ0) is 21.5. The maximum Gasteiger partial charge on any atom is 0.249 e. The summed E-state index contributed by atoms with van der Waals surface area (Å²) in [5, 5.41) is 9.50. The second-order valence-electron chi connectivity index (χ2n) is 7.28. The smallest absolute Gasteiger partial charge is 0.249 e. The van der Waals surface area contributed by atoms with E-state index in [1.54, 1.807) is 38.3 Å². The Hall–Kier alpha value is -4.13. The molecule has 2 aromatic heterocycles. The highest BCUT2D eigenvalue weighted by molar-refractivity contribution is 6.08. The topological polar surface area (TPSA) is 86.4 Å². The summed E-state index contributed by atoms with van der Waals surface area (Å²) in [6.45, 7) is 1.73. The number of methoxy groups -OCH3 is 1. The quantitative estimate of drug-likeness (QED) is 0.469. The van der Waals surface area contributed by atoms with E-state index >= 15 is 0 Å². The van der Waals surface area contributed by atoms with Crippen molar-refractivity contribution in [1.82, 2.24) is 9.78 Å². The van der Waals surface area contributed by atoms with Crippen LogP contribution in [-0.2, 0) is 4.79 Å². The van der Waals surface area contributed by atoms with E-state index in [1.165, 1.54) is 10.9 Å². The summed E-state index contributed by atoms with van der Waals surface area (Å²) in [7, 11) is 1.55. The van der Waals surface area contributed by atoms with Gasteiger partial charge in [-0.05, 0) is 31.2 Å². The molecule has 0 radical (unpaired) electrons. The molecule has 0 saturated carbocycles. The van der Waals surface area contributed by atoms with Gasteiger partial charge in [-0.3, -0.25) is 14.3 Å². The minimum atomic E-state index is -0.665. The number of hydrogen-bond donors (Lipinski definition) is 1. The maximum absolute atomic E-state index is 13.1. The number of benzene rings is 3. The SMILES string of the molecule is COc1cc2c(cc1NC(=O)[C@@H](C)n1ncc(=O)c3ccccc31)oc1ccccc12. The Balaban J connectivity index is 1.53. The van der Waals surface area contributed by atoms with Crippen molar-refractivity contribution in [3.05, 3.63) is 77.1 Å². The molecule has 0 unspecified atom stereocenters. The number of ether oxygens (including phenoxy) is 1. The van der Waals surface area contributed by atoms with Gasteiger partial charge in [0.1, 0.15) is 23.0 Å². The Bertz CT molecular complexity index is 1520. The third-order valence-corrected chi connectivity index (χ3v) is 5.42. The van der Waals surface area contributed by atoms with Gasteiger partial charge in [0.2, 0.25) is 11.3 Å². The summed E-state index contributed by atoms with van der Waals surface area (Å²) < 4.78 is 13.0. The van der Waals surface area contributed by atoms with Gasteiger partial charge in [-0.15, -0.1) is 0 Å². The van der Waals surface area contributed by atoms with Crippen LogP contribution in [0.4, 0.5) is 5.69 Å². The van der Waals surface area contributed by atoms with Gasteiger partial charge in [-0.25, -0.2) is 0 Å². The fraction of sp³-hybridized carbons (Fsp3) is 0.125. The number of carbonyl (C=O) groups excluding carboxylic acids is 1. The molecular weight excluding hydrogens is 394 g/mol. The summed E-state index contributed by atoms with van der Waals surface area (Å²) in [5.41, 5.74) is 2.32. The molecule has 2 heterocycles. The lowest BCUT2D eigenvalue weighted by atomic mass is 10.1. The molecule has 1 atom stereocenters. The molecule has 0 bridgehead atoms. The van der Waals surface area contributed by atoms with E-state index in [0.717, 1.165) is 16.4 Å². The molecule has 3 aromatic carbocycles. The molecule has 5 rings (SSSR count). The number of nitrogens with zero attached hydrogens (tertiary/aromatic N) is 2. The van der Waals surface area contributed by atoms with Crippen molar-refractivity contribution in [1.29, 1.82) is 0 Å². The molecule has 0 saturated heterocycles. The zero-order valence-corrected chi connectivity index (χ0v) is 17.0. The lowest BCUT2D eigenvalue weighted by Gasteiger charge is -2.18. The standard InChI is InChI=1S/C24H19N3O4/c1-14(27-19-9-5-3-8-16(19)20(28)13-25-27)24(29)26-18-12-22-17(11-23(18)30-2)15-7-4-6-10-21(15)31-22/h3-14H,1-2H3,(H,26,29)/t14-/m1/s1. The number of hydrogen-bond acceptors (Lipinski definition) is 5. The van der Waals surface area contributed by atoms with E-state index < -0.39 is 6.04 Å². The molecule has 31 heavy (non-hydrogen) atoms. The largest absolute Gasteiger partial charge is 0.495 e. The maximum atomic E-state index is 13.1.